The summed E-state index contributed by atoms with van der Waals surface area (Å²) in [5.74, 6) is 0.654. The standard InChI is InChI=1S/C18H24N2O2/c1-21-11-6-16-12-18(22-14-16)7-9-20(10-8-18)17-4-2-15(13-19)3-5-17/h2-5,16H,6-12,14H2,1H3/t16-/m0/s1. The molecule has 0 aromatic heterocycles. The van der Waals surface area contributed by atoms with E-state index in [0.717, 1.165) is 51.1 Å². The number of hydrogen-bond acceptors (Lipinski definition) is 4. The summed E-state index contributed by atoms with van der Waals surface area (Å²) < 4.78 is 11.4. The van der Waals surface area contributed by atoms with Crippen molar-refractivity contribution in [1.29, 1.82) is 5.26 Å². The van der Waals surface area contributed by atoms with Gasteiger partial charge in [-0.1, -0.05) is 0 Å². The molecule has 0 radical (unpaired) electrons. The first-order chi connectivity index (χ1) is 10.7. The van der Waals surface area contributed by atoms with Crippen LogP contribution in [0.3, 0.4) is 0 Å². The monoisotopic (exact) mass is 300 g/mol. The summed E-state index contributed by atoms with van der Waals surface area (Å²) in [6, 6.07) is 10.1. The van der Waals surface area contributed by atoms with Crippen LogP contribution in [0.1, 0.15) is 31.2 Å². The highest BCUT2D eigenvalue weighted by atomic mass is 16.5. The van der Waals surface area contributed by atoms with Crippen molar-refractivity contribution in [1.82, 2.24) is 0 Å². The summed E-state index contributed by atoms with van der Waals surface area (Å²) in [7, 11) is 1.77. The second-order valence-electron chi connectivity index (χ2n) is 6.49. The summed E-state index contributed by atoms with van der Waals surface area (Å²) in [6.07, 6.45) is 4.47. The lowest BCUT2D eigenvalue weighted by Crippen LogP contribution is -2.44. The molecule has 4 heteroatoms. The fourth-order valence-electron chi connectivity index (χ4n) is 3.68. The lowest BCUT2D eigenvalue weighted by Gasteiger charge is -2.40. The van der Waals surface area contributed by atoms with E-state index in [0.29, 0.717) is 5.92 Å². The van der Waals surface area contributed by atoms with E-state index in [1.807, 2.05) is 24.3 Å². The molecule has 0 unspecified atom stereocenters. The van der Waals surface area contributed by atoms with Gasteiger partial charge in [0.25, 0.3) is 0 Å². The van der Waals surface area contributed by atoms with Crippen LogP contribution in [0, 0.1) is 17.2 Å². The number of nitrogens with zero attached hydrogens (tertiary/aromatic N) is 2. The summed E-state index contributed by atoms with van der Waals surface area (Å²) in [5.41, 5.74) is 2.03. The van der Waals surface area contributed by atoms with Gasteiger partial charge in [-0.15, -0.1) is 0 Å². The molecular formula is C18H24N2O2. The Balaban J connectivity index is 1.55. The third-order valence-electron chi connectivity index (χ3n) is 5.05. The maximum Gasteiger partial charge on any atom is 0.0991 e. The maximum absolute atomic E-state index is 8.88. The zero-order chi connectivity index (χ0) is 15.4. The molecule has 2 aliphatic heterocycles. The fourth-order valence-corrected chi connectivity index (χ4v) is 3.68. The molecule has 4 nitrogen and oxygen atoms in total. The third kappa shape index (κ3) is 3.26. The minimum absolute atomic E-state index is 0.0987. The molecule has 2 heterocycles. The van der Waals surface area contributed by atoms with Crippen LogP contribution in [0.25, 0.3) is 0 Å². The lowest BCUT2D eigenvalue weighted by atomic mass is 9.84. The molecule has 2 fully saturated rings. The van der Waals surface area contributed by atoms with Crippen LogP contribution in [0.4, 0.5) is 5.69 Å². The van der Waals surface area contributed by atoms with E-state index in [1.165, 1.54) is 12.1 Å². The minimum atomic E-state index is 0.0987. The largest absolute Gasteiger partial charge is 0.385 e. The predicted molar refractivity (Wildman–Crippen MR) is 85.9 cm³/mol. The number of benzene rings is 1. The van der Waals surface area contributed by atoms with Crippen LogP contribution in [0.15, 0.2) is 24.3 Å². The van der Waals surface area contributed by atoms with Crippen molar-refractivity contribution < 1.29 is 9.47 Å². The van der Waals surface area contributed by atoms with E-state index in [1.54, 1.807) is 7.11 Å². The number of anilines is 1. The Morgan fingerprint density at radius 1 is 1.32 bits per heavy atom. The van der Waals surface area contributed by atoms with Crippen molar-refractivity contribution >= 4 is 5.69 Å². The van der Waals surface area contributed by atoms with Gasteiger partial charge in [0.2, 0.25) is 0 Å². The first-order valence-corrected chi connectivity index (χ1v) is 8.13. The number of piperidine rings is 1. The fraction of sp³-hybridized carbons (Fsp3) is 0.611. The molecule has 1 aromatic carbocycles. The van der Waals surface area contributed by atoms with Crippen LogP contribution in [0.2, 0.25) is 0 Å². The number of hydrogen-bond donors (Lipinski definition) is 0. The van der Waals surface area contributed by atoms with Gasteiger partial charge in [-0.3, -0.25) is 0 Å². The molecule has 1 atom stereocenters. The Kier molecular flexibility index (Phi) is 4.66. The quantitative estimate of drug-likeness (QED) is 0.857. The first kappa shape index (κ1) is 15.3. The highest BCUT2D eigenvalue weighted by Gasteiger charge is 2.42. The molecule has 0 N–H and O–H groups in total. The number of ether oxygens (including phenoxy) is 2. The van der Waals surface area contributed by atoms with Crippen LogP contribution in [0.5, 0.6) is 0 Å². The second kappa shape index (κ2) is 6.68. The van der Waals surface area contributed by atoms with Gasteiger partial charge in [0, 0.05) is 32.5 Å². The zero-order valence-electron chi connectivity index (χ0n) is 13.3. The van der Waals surface area contributed by atoms with E-state index >= 15 is 0 Å². The predicted octanol–water partition coefficient (Wildman–Crippen LogP) is 2.97. The minimum Gasteiger partial charge on any atom is -0.385 e. The number of rotatable bonds is 4. The van der Waals surface area contributed by atoms with Gasteiger partial charge in [-0.25, -0.2) is 0 Å². The summed E-state index contributed by atoms with van der Waals surface area (Å²) in [5, 5.41) is 8.88. The van der Waals surface area contributed by atoms with E-state index in [9.17, 15) is 0 Å². The van der Waals surface area contributed by atoms with Gasteiger partial charge in [0.05, 0.1) is 23.8 Å². The molecule has 2 aliphatic rings. The average molecular weight is 300 g/mol. The smallest absolute Gasteiger partial charge is 0.0991 e. The molecule has 2 saturated heterocycles. The highest BCUT2D eigenvalue weighted by molar-refractivity contribution is 5.50. The van der Waals surface area contributed by atoms with Crippen molar-refractivity contribution in [2.45, 2.75) is 31.3 Å². The van der Waals surface area contributed by atoms with Crippen molar-refractivity contribution in [3.63, 3.8) is 0 Å². The molecule has 1 spiro atoms. The van der Waals surface area contributed by atoms with Gasteiger partial charge in [0.1, 0.15) is 0 Å². The molecule has 3 rings (SSSR count). The Hall–Kier alpha value is -1.57. The van der Waals surface area contributed by atoms with Crippen LogP contribution < -0.4 is 4.90 Å². The van der Waals surface area contributed by atoms with Crippen molar-refractivity contribution in [2.24, 2.45) is 5.92 Å². The Morgan fingerprint density at radius 2 is 2.05 bits per heavy atom. The summed E-state index contributed by atoms with van der Waals surface area (Å²) >= 11 is 0. The molecule has 0 saturated carbocycles. The zero-order valence-corrected chi connectivity index (χ0v) is 13.3. The molecular weight excluding hydrogens is 276 g/mol. The van der Waals surface area contributed by atoms with E-state index in [4.69, 9.17) is 14.7 Å². The normalized spacial score (nSPS) is 23.6. The summed E-state index contributed by atoms with van der Waals surface area (Å²) in [6.45, 7) is 3.79. The van der Waals surface area contributed by atoms with Gasteiger partial charge in [0.15, 0.2) is 0 Å². The maximum atomic E-state index is 8.88. The lowest BCUT2D eigenvalue weighted by molar-refractivity contribution is -0.0154. The molecule has 0 amide bonds. The van der Waals surface area contributed by atoms with E-state index < -0.39 is 0 Å². The SMILES string of the molecule is COCC[C@@H]1COC2(CCN(c3ccc(C#N)cc3)CC2)C1. The highest BCUT2D eigenvalue weighted by Crippen LogP contribution is 2.40. The summed E-state index contributed by atoms with van der Waals surface area (Å²) in [4.78, 5) is 2.40. The molecule has 22 heavy (non-hydrogen) atoms. The molecule has 1 aromatic rings. The van der Waals surface area contributed by atoms with Gasteiger partial charge in [-0.2, -0.15) is 5.26 Å². The van der Waals surface area contributed by atoms with Gasteiger partial charge in [-0.05, 0) is 55.9 Å². The van der Waals surface area contributed by atoms with E-state index in [-0.39, 0.29) is 5.60 Å². The topological polar surface area (TPSA) is 45.5 Å². The number of nitriles is 1. The van der Waals surface area contributed by atoms with Crippen molar-refractivity contribution in [3.05, 3.63) is 29.8 Å². The molecule has 118 valence electrons. The number of methoxy groups -OCH3 is 1. The van der Waals surface area contributed by atoms with Crippen LogP contribution >= 0.6 is 0 Å². The molecule has 0 bridgehead atoms. The van der Waals surface area contributed by atoms with Crippen molar-refractivity contribution in [3.8, 4) is 6.07 Å². The van der Waals surface area contributed by atoms with Gasteiger partial charge < -0.3 is 14.4 Å². The molecule has 0 aliphatic carbocycles. The Labute approximate surface area is 132 Å². The van der Waals surface area contributed by atoms with Crippen LogP contribution in [-0.2, 0) is 9.47 Å². The van der Waals surface area contributed by atoms with E-state index in [2.05, 4.69) is 11.0 Å². The first-order valence-electron chi connectivity index (χ1n) is 8.13. The van der Waals surface area contributed by atoms with Crippen LogP contribution in [-0.4, -0.2) is 39.0 Å². The van der Waals surface area contributed by atoms with Crippen molar-refractivity contribution in [2.75, 3.05) is 38.3 Å². The van der Waals surface area contributed by atoms with Gasteiger partial charge >= 0.3 is 0 Å². The Bertz CT molecular complexity index is 527. The Morgan fingerprint density at radius 3 is 2.68 bits per heavy atom. The third-order valence-corrected chi connectivity index (χ3v) is 5.05. The average Bonchev–Trinajstić information content (AvgIpc) is 2.96. The second-order valence-corrected chi connectivity index (χ2v) is 6.49.